The van der Waals surface area contributed by atoms with Crippen molar-refractivity contribution in [2.24, 2.45) is 5.41 Å². The zero-order valence-electron chi connectivity index (χ0n) is 18.4. The van der Waals surface area contributed by atoms with E-state index in [1.165, 1.54) is 6.33 Å². The van der Waals surface area contributed by atoms with Crippen molar-refractivity contribution < 1.29 is 14.9 Å². The van der Waals surface area contributed by atoms with Gasteiger partial charge in [0, 0.05) is 23.1 Å². The molecule has 0 bridgehead atoms. The first-order valence-corrected chi connectivity index (χ1v) is 11.3. The highest BCUT2D eigenvalue weighted by Crippen LogP contribution is 2.34. The third kappa shape index (κ3) is 4.73. The third-order valence-corrected chi connectivity index (χ3v) is 6.53. The molecule has 0 aliphatic rings. The Labute approximate surface area is 199 Å². The van der Waals surface area contributed by atoms with Gasteiger partial charge in [-0.1, -0.05) is 6.92 Å². The molecule has 0 aliphatic carbocycles. The Kier molecular flexibility index (Phi) is 6.42. The number of rotatable bonds is 8. The summed E-state index contributed by atoms with van der Waals surface area (Å²) in [6.07, 6.45) is 2.99. The zero-order valence-corrected chi connectivity index (χ0v) is 20.0. The molecule has 1 unspecified atom stereocenters. The van der Waals surface area contributed by atoms with Crippen LogP contribution in [0.25, 0.3) is 21.9 Å². The van der Waals surface area contributed by atoms with E-state index in [1.807, 2.05) is 48.0 Å². The Morgan fingerprint density at radius 3 is 2.70 bits per heavy atom. The fourth-order valence-electron chi connectivity index (χ4n) is 3.92. The standard InChI is InChI=1S/C23H27BrN6O3/c1-13(32)19(30-6-5-16-20(25)27-12-28-22(16)30)9-23(2,10-31)11-33-15-4-3-14-7-17(24)21(26)29-18(14)8-15/h3-8,12-13,19,31-32H,9-11H2,1-2H3,(H2,26,29)(H2,25,27,28)/t13-,19-,23?/m1/s1. The normalized spacial score (nSPS) is 15.4. The van der Waals surface area contributed by atoms with Crippen LogP contribution < -0.4 is 16.2 Å². The Balaban J connectivity index is 1.56. The minimum absolute atomic E-state index is 0.127. The van der Waals surface area contributed by atoms with Crippen LogP contribution in [0, 0.1) is 5.41 Å². The summed E-state index contributed by atoms with van der Waals surface area (Å²) in [5, 5.41) is 22.5. The van der Waals surface area contributed by atoms with E-state index in [2.05, 4.69) is 30.9 Å². The van der Waals surface area contributed by atoms with Crippen LogP contribution in [-0.2, 0) is 0 Å². The fourth-order valence-corrected chi connectivity index (χ4v) is 4.25. The SMILES string of the molecule is C[C@@H](O)[C@@H](CC(C)(CO)COc1ccc2cc(Br)c(N)nc2c1)n1ccc2c(N)ncnc21. The topological polar surface area (TPSA) is 145 Å². The van der Waals surface area contributed by atoms with Gasteiger partial charge in [0.05, 0.1) is 40.7 Å². The zero-order chi connectivity index (χ0) is 23.8. The molecule has 0 amide bonds. The van der Waals surface area contributed by atoms with Crippen molar-refractivity contribution in [3.05, 3.63) is 47.3 Å². The number of pyridine rings is 1. The number of aromatic nitrogens is 4. The van der Waals surface area contributed by atoms with E-state index < -0.39 is 11.5 Å². The van der Waals surface area contributed by atoms with Crippen LogP contribution in [0.2, 0.25) is 0 Å². The summed E-state index contributed by atoms with van der Waals surface area (Å²) < 4.78 is 8.68. The van der Waals surface area contributed by atoms with Crippen molar-refractivity contribution in [2.75, 3.05) is 24.7 Å². The van der Waals surface area contributed by atoms with Gasteiger partial charge < -0.3 is 31.0 Å². The van der Waals surface area contributed by atoms with Crippen LogP contribution in [-0.4, -0.2) is 49.0 Å². The van der Waals surface area contributed by atoms with Crippen molar-refractivity contribution in [1.29, 1.82) is 0 Å². The molecule has 9 nitrogen and oxygen atoms in total. The number of ether oxygens (including phenoxy) is 1. The molecular weight excluding hydrogens is 488 g/mol. The monoisotopic (exact) mass is 514 g/mol. The van der Waals surface area contributed by atoms with Crippen LogP contribution >= 0.6 is 15.9 Å². The van der Waals surface area contributed by atoms with Crippen molar-refractivity contribution >= 4 is 49.5 Å². The van der Waals surface area contributed by atoms with Gasteiger partial charge in [0.2, 0.25) is 0 Å². The molecule has 0 aliphatic heterocycles. The Bertz CT molecular complexity index is 1290. The van der Waals surface area contributed by atoms with Gasteiger partial charge in [-0.2, -0.15) is 0 Å². The number of aliphatic hydroxyl groups excluding tert-OH is 2. The lowest BCUT2D eigenvalue weighted by molar-refractivity contribution is 0.0323. The molecule has 4 aromatic rings. The van der Waals surface area contributed by atoms with Gasteiger partial charge in [-0.25, -0.2) is 15.0 Å². The molecule has 10 heteroatoms. The summed E-state index contributed by atoms with van der Waals surface area (Å²) >= 11 is 3.39. The predicted molar refractivity (Wildman–Crippen MR) is 132 cm³/mol. The number of anilines is 2. The number of aliphatic hydroxyl groups is 2. The fraction of sp³-hybridized carbons (Fsp3) is 0.348. The molecule has 0 fully saturated rings. The molecule has 1 aromatic carbocycles. The lowest BCUT2D eigenvalue weighted by Gasteiger charge is -2.33. The summed E-state index contributed by atoms with van der Waals surface area (Å²) in [5.41, 5.74) is 12.6. The summed E-state index contributed by atoms with van der Waals surface area (Å²) in [6.45, 7) is 3.75. The maximum Gasteiger partial charge on any atom is 0.145 e. The number of hydrogen-bond acceptors (Lipinski definition) is 8. The molecule has 3 heterocycles. The Hall–Kier alpha value is -2.95. The molecule has 33 heavy (non-hydrogen) atoms. The first-order chi connectivity index (χ1) is 15.7. The third-order valence-electron chi connectivity index (χ3n) is 5.89. The minimum atomic E-state index is -0.700. The van der Waals surface area contributed by atoms with Crippen LogP contribution in [0.15, 0.2) is 47.3 Å². The first-order valence-electron chi connectivity index (χ1n) is 10.6. The summed E-state index contributed by atoms with van der Waals surface area (Å²) in [6, 6.07) is 8.97. The largest absolute Gasteiger partial charge is 0.493 e. The van der Waals surface area contributed by atoms with Crippen molar-refractivity contribution in [2.45, 2.75) is 32.4 Å². The van der Waals surface area contributed by atoms with Gasteiger partial charge in [0.25, 0.3) is 0 Å². The molecule has 174 valence electrons. The number of halogens is 1. The van der Waals surface area contributed by atoms with E-state index in [0.29, 0.717) is 29.5 Å². The van der Waals surface area contributed by atoms with Gasteiger partial charge >= 0.3 is 0 Å². The average molecular weight is 515 g/mol. The molecule has 0 saturated heterocycles. The van der Waals surface area contributed by atoms with Crippen LogP contribution in [0.5, 0.6) is 5.75 Å². The highest BCUT2D eigenvalue weighted by molar-refractivity contribution is 9.10. The lowest BCUT2D eigenvalue weighted by atomic mass is 9.83. The molecular formula is C23H27BrN6O3. The van der Waals surface area contributed by atoms with Gasteiger partial charge in [-0.05, 0) is 53.5 Å². The highest BCUT2D eigenvalue weighted by atomic mass is 79.9. The van der Waals surface area contributed by atoms with E-state index >= 15 is 0 Å². The van der Waals surface area contributed by atoms with Crippen LogP contribution in [0.4, 0.5) is 11.6 Å². The molecule has 3 aromatic heterocycles. The number of hydrogen-bond donors (Lipinski definition) is 4. The maximum absolute atomic E-state index is 10.6. The first kappa shape index (κ1) is 23.2. The molecule has 4 rings (SSSR count). The maximum atomic E-state index is 10.6. The number of fused-ring (bicyclic) bond motifs is 2. The molecule has 0 spiro atoms. The Morgan fingerprint density at radius 2 is 1.97 bits per heavy atom. The van der Waals surface area contributed by atoms with E-state index in [0.717, 1.165) is 20.8 Å². The quantitative estimate of drug-likeness (QED) is 0.280. The summed E-state index contributed by atoms with van der Waals surface area (Å²) in [4.78, 5) is 12.8. The molecule has 3 atom stereocenters. The van der Waals surface area contributed by atoms with Gasteiger partial charge in [-0.15, -0.1) is 0 Å². The van der Waals surface area contributed by atoms with E-state index in [1.54, 1.807) is 6.92 Å². The number of nitrogen functional groups attached to an aromatic ring is 2. The van der Waals surface area contributed by atoms with Crippen LogP contribution in [0.1, 0.15) is 26.3 Å². The van der Waals surface area contributed by atoms with Gasteiger partial charge in [-0.3, -0.25) is 0 Å². The molecule has 0 radical (unpaired) electrons. The number of benzene rings is 1. The van der Waals surface area contributed by atoms with Crippen LogP contribution in [0.3, 0.4) is 0 Å². The van der Waals surface area contributed by atoms with Crippen molar-refractivity contribution in [3.8, 4) is 5.75 Å². The average Bonchev–Trinajstić information content (AvgIpc) is 3.22. The van der Waals surface area contributed by atoms with Crippen molar-refractivity contribution in [1.82, 2.24) is 19.5 Å². The van der Waals surface area contributed by atoms with E-state index in [-0.39, 0.29) is 19.3 Å². The second kappa shape index (κ2) is 9.12. The van der Waals surface area contributed by atoms with E-state index in [9.17, 15) is 10.2 Å². The Morgan fingerprint density at radius 1 is 1.18 bits per heavy atom. The van der Waals surface area contributed by atoms with Gasteiger partial charge in [0.1, 0.15) is 29.4 Å². The van der Waals surface area contributed by atoms with Crippen molar-refractivity contribution in [3.63, 3.8) is 0 Å². The van der Waals surface area contributed by atoms with E-state index in [4.69, 9.17) is 16.2 Å². The second-order valence-corrected chi connectivity index (χ2v) is 9.55. The molecule has 6 N–H and O–H groups in total. The lowest BCUT2D eigenvalue weighted by Crippen LogP contribution is -2.35. The highest BCUT2D eigenvalue weighted by Gasteiger charge is 2.32. The summed E-state index contributed by atoms with van der Waals surface area (Å²) in [7, 11) is 0. The number of nitrogens with two attached hydrogens (primary N) is 2. The smallest absolute Gasteiger partial charge is 0.145 e. The predicted octanol–water partition coefficient (Wildman–Crippen LogP) is 3.30. The van der Waals surface area contributed by atoms with Gasteiger partial charge in [0.15, 0.2) is 0 Å². The second-order valence-electron chi connectivity index (χ2n) is 8.70. The minimum Gasteiger partial charge on any atom is -0.493 e. The summed E-state index contributed by atoms with van der Waals surface area (Å²) in [5.74, 6) is 1.41. The molecule has 0 saturated carbocycles. The number of nitrogens with zero attached hydrogens (tertiary/aromatic N) is 4.